The molecule has 0 bridgehead atoms. The van der Waals surface area contributed by atoms with Crippen LogP contribution in [-0.4, -0.2) is 41.2 Å². The Morgan fingerprint density at radius 3 is 2.68 bits per heavy atom. The molecule has 1 aromatic rings. The van der Waals surface area contributed by atoms with Gasteiger partial charge in [-0.25, -0.2) is 0 Å². The van der Waals surface area contributed by atoms with Crippen molar-refractivity contribution in [2.45, 2.75) is 26.4 Å². The predicted molar refractivity (Wildman–Crippen MR) is 78.2 cm³/mol. The molecule has 0 unspecified atom stereocenters. The molecule has 1 N–H and O–H groups in total. The number of carbonyl (C=O) groups excluding carboxylic acids is 1. The summed E-state index contributed by atoms with van der Waals surface area (Å²) >= 11 is 3.34. The average molecular weight is 330 g/mol. The normalized spacial score (nSPS) is 11.2. The van der Waals surface area contributed by atoms with Crippen molar-refractivity contribution in [2.75, 3.05) is 19.7 Å². The minimum Gasteiger partial charge on any atom is -0.484 e. The van der Waals surface area contributed by atoms with E-state index in [4.69, 9.17) is 4.74 Å². The smallest absolute Gasteiger partial charge is 0.260 e. The van der Waals surface area contributed by atoms with E-state index in [0.29, 0.717) is 18.8 Å². The maximum atomic E-state index is 12.0. The number of ether oxygens (including phenoxy) is 1. The predicted octanol–water partition coefficient (Wildman–Crippen LogP) is 2.45. The zero-order chi connectivity index (χ0) is 14.5. The molecule has 1 rings (SSSR count). The number of aliphatic hydroxyl groups is 1. The molecule has 0 radical (unpaired) electrons. The third kappa shape index (κ3) is 6.07. The highest BCUT2D eigenvalue weighted by Gasteiger charge is 2.21. The molecule has 1 aromatic carbocycles. The van der Waals surface area contributed by atoms with Gasteiger partial charge in [0.2, 0.25) is 0 Å². The number of halogens is 1. The standard InChI is InChI=1S/C14H20BrNO3/c1-4-16(10-14(2,3)18)13(17)9-19-12-7-5-6-11(15)8-12/h5-8,18H,4,9-10H2,1-3H3. The second-order valence-electron chi connectivity index (χ2n) is 4.97. The maximum Gasteiger partial charge on any atom is 0.260 e. The van der Waals surface area contributed by atoms with E-state index < -0.39 is 5.60 Å². The Morgan fingerprint density at radius 2 is 2.16 bits per heavy atom. The first-order valence-electron chi connectivity index (χ1n) is 6.20. The molecule has 0 spiro atoms. The molecule has 0 fully saturated rings. The molecule has 4 nitrogen and oxygen atoms in total. The highest BCUT2D eigenvalue weighted by Crippen LogP contribution is 2.17. The van der Waals surface area contributed by atoms with Gasteiger partial charge in [-0.1, -0.05) is 22.0 Å². The Hall–Kier alpha value is -1.07. The first-order valence-corrected chi connectivity index (χ1v) is 6.99. The van der Waals surface area contributed by atoms with Gasteiger partial charge in [0.05, 0.1) is 5.60 Å². The van der Waals surface area contributed by atoms with Crippen molar-refractivity contribution in [3.8, 4) is 5.75 Å². The van der Waals surface area contributed by atoms with Crippen LogP contribution in [0.5, 0.6) is 5.75 Å². The van der Waals surface area contributed by atoms with Crippen LogP contribution in [0.4, 0.5) is 0 Å². The van der Waals surface area contributed by atoms with Crippen LogP contribution < -0.4 is 4.74 Å². The second kappa shape index (κ2) is 6.91. The lowest BCUT2D eigenvalue weighted by atomic mass is 10.1. The molecule has 0 heterocycles. The van der Waals surface area contributed by atoms with E-state index in [1.165, 1.54) is 0 Å². The summed E-state index contributed by atoms with van der Waals surface area (Å²) in [6.45, 7) is 6.05. The molecule has 19 heavy (non-hydrogen) atoms. The van der Waals surface area contributed by atoms with Gasteiger partial charge in [-0.3, -0.25) is 4.79 Å². The Bertz CT molecular complexity index is 429. The van der Waals surface area contributed by atoms with E-state index >= 15 is 0 Å². The van der Waals surface area contributed by atoms with Gasteiger partial charge < -0.3 is 14.7 Å². The molecule has 0 saturated heterocycles. The molecule has 0 atom stereocenters. The first-order chi connectivity index (χ1) is 8.81. The number of carbonyl (C=O) groups is 1. The lowest BCUT2D eigenvalue weighted by Crippen LogP contribution is -2.44. The van der Waals surface area contributed by atoms with Gasteiger partial charge in [0.15, 0.2) is 6.61 Å². The molecule has 0 aliphatic carbocycles. The fourth-order valence-corrected chi connectivity index (χ4v) is 2.01. The fraction of sp³-hybridized carbons (Fsp3) is 0.500. The Balaban J connectivity index is 2.54. The summed E-state index contributed by atoms with van der Waals surface area (Å²) in [5, 5.41) is 9.75. The van der Waals surface area contributed by atoms with Crippen molar-refractivity contribution < 1.29 is 14.6 Å². The van der Waals surface area contributed by atoms with Crippen LogP contribution in [0, 0.1) is 0 Å². The average Bonchev–Trinajstić information content (AvgIpc) is 2.32. The van der Waals surface area contributed by atoms with Crippen LogP contribution in [0.15, 0.2) is 28.7 Å². The van der Waals surface area contributed by atoms with Gasteiger partial charge in [0, 0.05) is 17.6 Å². The SMILES string of the molecule is CCN(CC(C)(C)O)C(=O)COc1cccc(Br)c1. The number of nitrogens with zero attached hydrogens (tertiary/aromatic N) is 1. The zero-order valence-corrected chi connectivity index (χ0v) is 13.1. The number of hydrogen-bond acceptors (Lipinski definition) is 3. The third-order valence-corrected chi connectivity index (χ3v) is 2.96. The van der Waals surface area contributed by atoms with E-state index in [0.717, 1.165) is 4.47 Å². The van der Waals surface area contributed by atoms with Crippen LogP contribution in [0.25, 0.3) is 0 Å². The van der Waals surface area contributed by atoms with Gasteiger partial charge in [-0.2, -0.15) is 0 Å². The number of hydrogen-bond donors (Lipinski definition) is 1. The second-order valence-corrected chi connectivity index (χ2v) is 5.88. The van der Waals surface area contributed by atoms with Crippen LogP contribution in [-0.2, 0) is 4.79 Å². The van der Waals surface area contributed by atoms with E-state index in [1.807, 2.05) is 19.1 Å². The molecular weight excluding hydrogens is 310 g/mol. The van der Waals surface area contributed by atoms with Crippen molar-refractivity contribution in [1.82, 2.24) is 4.90 Å². The fourth-order valence-electron chi connectivity index (χ4n) is 1.64. The van der Waals surface area contributed by atoms with Gasteiger partial charge in [-0.05, 0) is 39.0 Å². The minimum absolute atomic E-state index is 0.0274. The molecular formula is C14H20BrNO3. The van der Waals surface area contributed by atoms with Crippen molar-refractivity contribution in [3.63, 3.8) is 0 Å². The van der Waals surface area contributed by atoms with Crippen molar-refractivity contribution in [1.29, 1.82) is 0 Å². The monoisotopic (exact) mass is 329 g/mol. The lowest BCUT2D eigenvalue weighted by molar-refractivity contribution is -0.136. The molecule has 0 aliphatic rings. The van der Waals surface area contributed by atoms with Crippen molar-refractivity contribution >= 4 is 21.8 Å². The number of amides is 1. The van der Waals surface area contributed by atoms with E-state index in [1.54, 1.807) is 30.9 Å². The first kappa shape index (κ1) is 16.0. The summed E-state index contributed by atoms with van der Waals surface area (Å²) in [6, 6.07) is 7.34. The van der Waals surface area contributed by atoms with Crippen molar-refractivity contribution in [3.05, 3.63) is 28.7 Å². The Labute approximate surface area is 122 Å². The van der Waals surface area contributed by atoms with Gasteiger partial charge in [0.25, 0.3) is 5.91 Å². The van der Waals surface area contributed by atoms with Crippen molar-refractivity contribution in [2.24, 2.45) is 0 Å². The third-order valence-electron chi connectivity index (χ3n) is 2.47. The Morgan fingerprint density at radius 1 is 1.47 bits per heavy atom. The highest BCUT2D eigenvalue weighted by atomic mass is 79.9. The summed E-state index contributed by atoms with van der Waals surface area (Å²) in [5.74, 6) is 0.506. The number of likely N-dealkylation sites (N-methyl/N-ethyl adjacent to an activating group) is 1. The molecule has 0 saturated carbocycles. The molecule has 1 amide bonds. The van der Waals surface area contributed by atoms with Gasteiger partial charge in [0.1, 0.15) is 5.75 Å². The summed E-state index contributed by atoms with van der Waals surface area (Å²) in [5.41, 5.74) is -0.901. The van der Waals surface area contributed by atoms with Crippen LogP contribution in [0.3, 0.4) is 0 Å². The summed E-state index contributed by atoms with van der Waals surface area (Å²) < 4.78 is 6.35. The number of rotatable bonds is 6. The van der Waals surface area contributed by atoms with Gasteiger partial charge >= 0.3 is 0 Å². The minimum atomic E-state index is -0.901. The van der Waals surface area contributed by atoms with E-state index in [2.05, 4.69) is 15.9 Å². The summed E-state index contributed by atoms with van der Waals surface area (Å²) in [6.07, 6.45) is 0. The van der Waals surface area contributed by atoms with Crippen LogP contribution >= 0.6 is 15.9 Å². The number of benzene rings is 1. The van der Waals surface area contributed by atoms with E-state index in [-0.39, 0.29) is 12.5 Å². The molecule has 0 aliphatic heterocycles. The summed E-state index contributed by atoms with van der Waals surface area (Å²) in [4.78, 5) is 13.6. The van der Waals surface area contributed by atoms with Gasteiger partial charge in [-0.15, -0.1) is 0 Å². The topological polar surface area (TPSA) is 49.8 Å². The molecule has 5 heteroatoms. The highest BCUT2D eigenvalue weighted by molar-refractivity contribution is 9.10. The van der Waals surface area contributed by atoms with Crippen LogP contribution in [0.1, 0.15) is 20.8 Å². The Kier molecular flexibility index (Phi) is 5.82. The quantitative estimate of drug-likeness (QED) is 0.872. The largest absolute Gasteiger partial charge is 0.484 e. The molecule has 0 aromatic heterocycles. The maximum absolute atomic E-state index is 12.0. The zero-order valence-electron chi connectivity index (χ0n) is 11.5. The van der Waals surface area contributed by atoms with Crippen LogP contribution in [0.2, 0.25) is 0 Å². The molecule has 106 valence electrons. The van der Waals surface area contributed by atoms with E-state index in [9.17, 15) is 9.90 Å². The lowest BCUT2D eigenvalue weighted by Gasteiger charge is -2.28. The summed E-state index contributed by atoms with van der Waals surface area (Å²) in [7, 11) is 0.